The van der Waals surface area contributed by atoms with Gasteiger partial charge >= 0.3 is 5.97 Å². The Morgan fingerprint density at radius 1 is 1.04 bits per heavy atom. The number of benzene rings is 4. The highest BCUT2D eigenvalue weighted by molar-refractivity contribution is 7.07. The Hall–Kier alpha value is -5.55. The Bertz CT molecular complexity index is 2190. The van der Waals surface area contributed by atoms with Crippen LogP contribution in [0.3, 0.4) is 0 Å². The Balaban J connectivity index is 1.39. The van der Waals surface area contributed by atoms with Gasteiger partial charge in [-0.1, -0.05) is 59.9 Å². The van der Waals surface area contributed by atoms with Crippen LogP contribution in [0.25, 0.3) is 16.8 Å². The fourth-order valence-electron chi connectivity index (χ4n) is 5.49. The number of nitro benzene ring substituents is 1. The minimum atomic E-state index is -0.728. The summed E-state index contributed by atoms with van der Waals surface area (Å²) < 4.78 is 19.0. The summed E-state index contributed by atoms with van der Waals surface area (Å²) in [6.45, 7) is 3.89. The van der Waals surface area contributed by atoms with Gasteiger partial charge < -0.3 is 14.2 Å². The molecule has 0 unspecified atom stereocenters. The molecule has 0 saturated heterocycles. The molecule has 0 saturated carbocycles. The number of methoxy groups -OCH3 is 1. The first-order valence-electron chi connectivity index (χ1n) is 14.5. The van der Waals surface area contributed by atoms with Crippen LogP contribution in [-0.4, -0.2) is 29.2 Å². The molecule has 1 aliphatic rings. The van der Waals surface area contributed by atoms with Crippen LogP contribution in [0.2, 0.25) is 0 Å². The van der Waals surface area contributed by atoms with E-state index in [9.17, 15) is 19.7 Å². The van der Waals surface area contributed by atoms with Gasteiger partial charge in [0.2, 0.25) is 0 Å². The molecule has 232 valence electrons. The molecule has 2 heterocycles. The molecular formula is C35H29N3O7S. The van der Waals surface area contributed by atoms with Crippen molar-refractivity contribution in [3.8, 4) is 11.5 Å². The molecule has 0 aliphatic carbocycles. The number of esters is 1. The van der Waals surface area contributed by atoms with E-state index >= 15 is 0 Å². The van der Waals surface area contributed by atoms with Crippen LogP contribution in [0.4, 0.5) is 5.69 Å². The normalized spacial score (nSPS) is 14.5. The molecule has 6 rings (SSSR count). The highest BCUT2D eigenvalue weighted by Crippen LogP contribution is 2.35. The quantitative estimate of drug-likeness (QED) is 0.120. The van der Waals surface area contributed by atoms with Crippen LogP contribution in [0, 0.1) is 10.1 Å². The number of hydrogen-bond acceptors (Lipinski definition) is 9. The predicted octanol–water partition coefficient (Wildman–Crippen LogP) is 5.45. The number of nitrogens with zero attached hydrogens (tertiary/aromatic N) is 3. The SMILES string of the molecule is CCOC(=O)C1=C(C)N=c2s/c(=C\c3ccc(OCc4ccc([N+](=O)[O-])cc4)c(OC)c3)c(=O)n2[C@H]1c1cccc2ccccc12. The molecule has 1 aromatic heterocycles. The van der Waals surface area contributed by atoms with Gasteiger partial charge in [0.05, 0.1) is 40.5 Å². The zero-order chi connectivity index (χ0) is 32.4. The summed E-state index contributed by atoms with van der Waals surface area (Å²) >= 11 is 1.24. The van der Waals surface area contributed by atoms with E-state index in [1.807, 2.05) is 48.5 Å². The molecular weight excluding hydrogens is 606 g/mol. The second kappa shape index (κ2) is 12.8. The van der Waals surface area contributed by atoms with Gasteiger partial charge in [0.1, 0.15) is 6.61 Å². The predicted molar refractivity (Wildman–Crippen MR) is 175 cm³/mol. The molecule has 0 fully saturated rings. The molecule has 5 aromatic rings. The Morgan fingerprint density at radius 2 is 1.80 bits per heavy atom. The Labute approximate surface area is 267 Å². The van der Waals surface area contributed by atoms with Crippen molar-refractivity contribution in [3.05, 3.63) is 143 Å². The Morgan fingerprint density at radius 3 is 2.54 bits per heavy atom. The maximum Gasteiger partial charge on any atom is 0.338 e. The molecule has 10 nitrogen and oxygen atoms in total. The first kappa shape index (κ1) is 30.5. The summed E-state index contributed by atoms with van der Waals surface area (Å²) in [7, 11) is 1.52. The van der Waals surface area contributed by atoms with E-state index in [1.54, 1.807) is 48.8 Å². The average Bonchev–Trinajstić information content (AvgIpc) is 3.36. The lowest BCUT2D eigenvalue weighted by molar-refractivity contribution is -0.384. The largest absolute Gasteiger partial charge is 0.493 e. The lowest BCUT2D eigenvalue weighted by Gasteiger charge is -2.25. The Kier molecular flexibility index (Phi) is 8.49. The maximum absolute atomic E-state index is 14.1. The van der Waals surface area contributed by atoms with Gasteiger partial charge in [0.15, 0.2) is 16.3 Å². The molecule has 1 atom stereocenters. The third-order valence-electron chi connectivity index (χ3n) is 7.66. The van der Waals surface area contributed by atoms with Crippen molar-refractivity contribution < 1.29 is 23.9 Å². The van der Waals surface area contributed by atoms with Gasteiger partial charge in [-0.15, -0.1) is 0 Å². The number of fused-ring (bicyclic) bond motifs is 2. The van der Waals surface area contributed by atoms with Crippen molar-refractivity contribution in [1.82, 2.24) is 4.57 Å². The zero-order valence-electron chi connectivity index (χ0n) is 25.3. The summed E-state index contributed by atoms with van der Waals surface area (Å²) in [6, 6.07) is 24.4. The maximum atomic E-state index is 14.1. The van der Waals surface area contributed by atoms with E-state index in [1.165, 1.54) is 30.6 Å². The lowest BCUT2D eigenvalue weighted by Crippen LogP contribution is -2.40. The van der Waals surface area contributed by atoms with Crippen molar-refractivity contribution >= 4 is 39.8 Å². The van der Waals surface area contributed by atoms with Gasteiger partial charge in [-0.25, -0.2) is 9.79 Å². The van der Waals surface area contributed by atoms with Crippen molar-refractivity contribution in [2.75, 3.05) is 13.7 Å². The standard InChI is InChI=1S/C35H29N3O7S/c1-4-44-34(40)31-21(2)36-35-37(32(31)27-11-7-9-24-8-5-6-10-26(24)27)33(39)30(46-35)19-23-14-17-28(29(18-23)43-3)45-20-22-12-15-25(16-13-22)38(41)42/h5-19,32H,4,20H2,1-3H3/b30-19-/t32-/m0/s1. The minimum absolute atomic E-state index is 0.00619. The minimum Gasteiger partial charge on any atom is -0.493 e. The summed E-state index contributed by atoms with van der Waals surface area (Å²) in [4.78, 5) is 43.1. The van der Waals surface area contributed by atoms with E-state index in [0.29, 0.717) is 37.7 Å². The molecule has 0 N–H and O–H groups in total. The molecule has 4 aromatic carbocycles. The van der Waals surface area contributed by atoms with Crippen LogP contribution < -0.4 is 24.4 Å². The average molecular weight is 636 g/mol. The van der Waals surface area contributed by atoms with E-state index in [0.717, 1.165) is 21.9 Å². The molecule has 0 amide bonds. The molecule has 46 heavy (non-hydrogen) atoms. The molecule has 0 spiro atoms. The van der Waals surface area contributed by atoms with E-state index in [4.69, 9.17) is 14.2 Å². The van der Waals surface area contributed by atoms with Gasteiger partial charge in [0.25, 0.3) is 11.2 Å². The van der Waals surface area contributed by atoms with Crippen molar-refractivity contribution in [2.45, 2.75) is 26.5 Å². The number of thiazole rings is 1. The molecule has 11 heteroatoms. The number of non-ortho nitro benzene ring substituents is 1. The van der Waals surface area contributed by atoms with Crippen molar-refractivity contribution in [2.24, 2.45) is 4.99 Å². The topological polar surface area (TPSA) is 122 Å². The summed E-state index contributed by atoms with van der Waals surface area (Å²) in [5, 5.41) is 12.8. The number of hydrogen-bond donors (Lipinski definition) is 0. The second-order valence-electron chi connectivity index (χ2n) is 10.5. The molecule has 0 radical (unpaired) electrons. The van der Waals surface area contributed by atoms with Crippen LogP contribution >= 0.6 is 11.3 Å². The number of carbonyl (C=O) groups excluding carboxylic acids is 1. The van der Waals surface area contributed by atoms with Gasteiger partial charge in [-0.05, 0) is 71.7 Å². The monoisotopic (exact) mass is 635 g/mol. The van der Waals surface area contributed by atoms with Gasteiger partial charge in [0, 0.05) is 12.1 Å². The number of allylic oxidation sites excluding steroid dienone is 1. The summed E-state index contributed by atoms with van der Waals surface area (Å²) in [5.74, 6) is 0.424. The number of nitro groups is 1. The molecule has 0 bridgehead atoms. The van der Waals surface area contributed by atoms with Gasteiger partial charge in [-0.3, -0.25) is 19.5 Å². The van der Waals surface area contributed by atoms with Crippen molar-refractivity contribution in [3.63, 3.8) is 0 Å². The third kappa shape index (κ3) is 5.80. The van der Waals surface area contributed by atoms with Crippen LogP contribution in [-0.2, 0) is 16.1 Å². The number of carbonyl (C=O) groups is 1. The highest BCUT2D eigenvalue weighted by Gasteiger charge is 2.34. The summed E-state index contributed by atoms with van der Waals surface area (Å²) in [5.41, 5.74) is 2.82. The second-order valence-corrected chi connectivity index (χ2v) is 11.5. The zero-order valence-corrected chi connectivity index (χ0v) is 26.1. The number of rotatable bonds is 9. The number of ether oxygens (including phenoxy) is 3. The van der Waals surface area contributed by atoms with Crippen molar-refractivity contribution in [1.29, 1.82) is 0 Å². The summed E-state index contributed by atoms with van der Waals surface area (Å²) in [6.07, 6.45) is 1.76. The van der Waals surface area contributed by atoms with Gasteiger partial charge in [-0.2, -0.15) is 0 Å². The smallest absolute Gasteiger partial charge is 0.338 e. The van der Waals surface area contributed by atoms with E-state index < -0.39 is 16.9 Å². The lowest BCUT2D eigenvalue weighted by atomic mass is 9.91. The fraction of sp³-hybridized carbons (Fsp3) is 0.171. The van der Waals surface area contributed by atoms with Crippen LogP contribution in [0.15, 0.2) is 106 Å². The van der Waals surface area contributed by atoms with Crippen LogP contribution in [0.5, 0.6) is 11.5 Å². The van der Waals surface area contributed by atoms with E-state index in [2.05, 4.69) is 4.99 Å². The van der Waals surface area contributed by atoms with Crippen LogP contribution in [0.1, 0.15) is 36.6 Å². The highest BCUT2D eigenvalue weighted by atomic mass is 32.1. The van der Waals surface area contributed by atoms with E-state index in [-0.39, 0.29) is 24.5 Å². The fourth-order valence-corrected chi connectivity index (χ4v) is 6.54. The first-order valence-corrected chi connectivity index (χ1v) is 15.3. The number of aromatic nitrogens is 1. The molecule has 1 aliphatic heterocycles. The third-order valence-corrected chi connectivity index (χ3v) is 8.64. The first-order chi connectivity index (χ1) is 22.3.